The maximum atomic E-state index is 13.2. The largest absolute Gasteiger partial charge is 0.481 e. The van der Waals surface area contributed by atoms with Crippen LogP contribution in [0.2, 0.25) is 0 Å². The molecule has 0 aliphatic carbocycles. The van der Waals surface area contributed by atoms with Crippen LogP contribution in [0.15, 0.2) is 0 Å². The van der Waals surface area contributed by atoms with Gasteiger partial charge in [-0.2, -0.15) is 0 Å². The SMILES string of the molecule is CN(CC(O)CO)C(=O)c1c(I)c(NCCO)c(I)c(C(=O)N(C)CC(O)CO)c1I.CN(CC(O)CO)C(=O)c1c(I)c(NCCO)c(I)c(C(=O)N(C)CC(O)CO)c1I.O=C(O)CC(=O)O. The maximum Gasteiger partial charge on any atom is 0.314 e. The van der Waals surface area contributed by atoms with Crippen molar-refractivity contribution in [3.05, 3.63) is 43.7 Å². The van der Waals surface area contributed by atoms with Gasteiger partial charge in [0.05, 0.1) is 112 Å². The lowest BCUT2D eigenvalue weighted by Gasteiger charge is -2.26. The Kier molecular flexibility index (Phi) is 33.8. The molecule has 2 aromatic rings. The van der Waals surface area contributed by atoms with E-state index in [2.05, 4.69) is 10.6 Å². The standard InChI is InChI=1S/2C18H26I3N3O7.C3H4O4/c2*1-23(5-9(28)7-26)17(30)11-13(19)12(18(31)24(2)6-10(29)8-27)15(21)16(14(11)20)22-3-4-25;4-2(5)1-3(6)7/h2*9-10,22,25-29H,3-8H2,1-2H3;1H2,(H,4,5)(H,6,7). The van der Waals surface area contributed by atoms with Crippen molar-refractivity contribution in [1.82, 2.24) is 19.6 Å². The van der Waals surface area contributed by atoms with Crippen LogP contribution in [0.1, 0.15) is 47.9 Å². The number of anilines is 2. The van der Waals surface area contributed by atoms with E-state index in [1.165, 1.54) is 47.8 Å². The minimum Gasteiger partial charge on any atom is -0.481 e. The summed E-state index contributed by atoms with van der Waals surface area (Å²) in [6, 6.07) is 0. The summed E-state index contributed by atoms with van der Waals surface area (Å²) < 4.78 is 2.97. The number of nitrogens with zero attached hydrogens (tertiary/aromatic N) is 4. The molecule has 0 radical (unpaired) electrons. The Morgan fingerprint density at radius 1 is 0.420 bits per heavy atom. The molecule has 0 aliphatic heterocycles. The number of hydrogen-bond donors (Lipinski definition) is 14. The summed E-state index contributed by atoms with van der Waals surface area (Å²) >= 11 is 11.8. The number of aliphatic hydroxyl groups excluding tert-OH is 10. The second-order valence-corrected chi connectivity index (χ2v) is 21.0. The number of rotatable bonds is 24. The molecule has 392 valence electrons. The van der Waals surface area contributed by atoms with E-state index in [1.54, 1.807) is 0 Å². The number of aliphatic carboxylic acids is 2. The molecule has 0 aromatic heterocycles. The number of carbonyl (C=O) groups is 6. The van der Waals surface area contributed by atoms with Crippen LogP contribution < -0.4 is 10.6 Å². The third-order valence-electron chi connectivity index (χ3n) is 8.79. The summed E-state index contributed by atoms with van der Waals surface area (Å²) in [7, 11) is 5.93. The predicted octanol–water partition coefficient (Wildman–Crippen LogP) is -0.944. The van der Waals surface area contributed by atoms with Crippen molar-refractivity contribution in [2.75, 3.05) is 118 Å². The van der Waals surface area contributed by atoms with Gasteiger partial charge in [0.25, 0.3) is 23.6 Å². The molecule has 0 spiro atoms. The molecule has 14 N–H and O–H groups in total. The van der Waals surface area contributed by atoms with Crippen LogP contribution in [0, 0.1) is 21.4 Å². The van der Waals surface area contributed by atoms with Gasteiger partial charge in [0.1, 0.15) is 6.42 Å². The molecule has 0 saturated carbocycles. The third kappa shape index (κ3) is 21.3. The van der Waals surface area contributed by atoms with E-state index < -0.39 is 92.8 Å². The van der Waals surface area contributed by atoms with E-state index in [-0.39, 0.29) is 74.7 Å². The minimum atomic E-state index is -1.31. The van der Waals surface area contributed by atoms with Gasteiger partial charge in [-0.25, -0.2) is 0 Å². The number of hydrogen-bond acceptors (Lipinski definition) is 18. The summed E-state index contributed by atoms with van der Waals surface area (Å²) in [5.74, 6) is -4.41. The monoisotopic (exact) mass is 1660 g/mol. The summed E-state index contributed by atoms with van der Waals surface area (Å²) in [5.41, 5.74) is 2.00. The fourth-order valence-electron chi connectivity index (χ4n) is 5.47. The van der Waals surface area contributed by atoms with Crippen LogP contribution in [-0.2, 0) is 9.59 Å². The molecule has 2 rings (SSSR count). The summed E-state index contributed by atoms with van der Waals surface area (Å²) in [6.45, 7) is -2.29. The summed E-state index contributed by atoms with van der Waals surface area (Å²) in [6.07, 6.45) is -5.22. The zero-order valence-electron chi connectivity index (χ0n) is 37.4. The van der Waals surface area contributed by atoms with Crippen molar-refractivity contribution in [1.29, 1.82) is 0 Å². The lowest BCUT2D eigenvalue weighted by atomic mass is 10.1. The van der Waals surface area contributed by atoms with Gasteiger partial charge in [0, 0.05) is 74.6 Å². The second kappa shape index (κ2) is 34.4. The van der Waals surface area contributed by atoms with E-state index in [9.17, 15) is 59.4 Å². The molecule has 4 amide bonds. The van der Waals surface area contributed by atoms with Crippen LogP contribution in [0.25, 0.3) is 0 Å². The van der Waals surface area contributed by atoms with Gasteiger partial charge >= 0.3 is 11.9 Å². The Labute approximate surface area is 479 Å². The topological polar surface area (TPSA) is 382 Å². The summed E-state index contributed by atoms with van der Waals surface area (Å²) in [4.78, 5) is 76.7. The highest BCUT2D eigenvalue weighted by atomic mass is 127. The van der Waals surface area contributed by atoms with E-state index >= 15 is 0 Å². The molecule has 0 saturated heterocycles. The van der Waals surface area contributed by atoms with Crippen molar-refractivity contribution in [3.8, 4) is 0 Å². The zero-order valence-corrected chi connectivity index (χ0v) is 50.3. The van der Waals surface area contributed by atoms with Gasteiger partial charge < -0.3 is 91.5 Å². The highest BCUT2D eigenvalue weighted by Gasteiger charge is 2.33. The summed E-state index contributed by atoms with van der Waals surface area (Å²) in [5, 5.41) is 115. The number of carboxylic acids is 2. The Morgan fingerprint density at radius 2 is 0.623 bits per heavy atom. The molecule has 0 fully saturated rings. The Hall–Kier alpha value is -1.16. The number of benzene rings is 2. The molecule has 0 bridgehead atoms. The molecular formula is C39H56I6N6O18. The predicted molar refractivity (Wildman–Crippen MR) is 300 cm³/mol. The number of aliphatic hydroxyl groups is 10. The van der Waals surface area contributed by atoms with E-state index in [1.807, 2.05) is 136 Å². The Morgan fingerprint density at radius 3 is 0.768 bits per heavy atom. The zero-order chi connectivity index (χ0) is 53.6. The minimum absolute atomic E-state index is 0.0985. The van der Waals surface area contributed by atoms with Crippen molar-refractivity contribution < 1.29 is 90.0 Å². The van der Waals surface area contributed by atoms with Gasteiger partial charge in [-0.05, 0) is 136 Å². The van der Waals surface area contributed by atoms with Gasteiger partial charge in [0.2, 0.25) is 0 Å². The van der Waals surface area contributed by atoms with Crippen LogP contribution >= 0.6 is 136 Å². The number of halogens is 6. The molecule has 2 aromatic carbocycles. The van der Waals surface area contributed by atoms with E-state index in [0.717, 1.165) is 0 Å². The first-order chi connectivity index (χ1) is 32.1. The highest BCUT2D eigenvalue weighted by molar-refractivity contribution is 14.1. The fraction of sp³-hybridized carbons (Fsp3) is 0.538. The molecule has 4 atom stereocenters. The molecular weight excluding hydrogens is 1600 g/mol. The smallest absolute Gasteiger partial charge is 0.314 e. The lowest BCUT2D eigenvalue weighted by Crippen LogP contribution is -2.38. The lowest BCUT2D eigenvalue weighted by molar-refractivity contribution is -0.147. The van der Waals surface area contributed by atoms with Crippen molar-refractivity contribution >= 4 is 182 Å². The molecule has 0 heterocycles. The maximum absolute atomic E-state index is 13.2. The number of carbonyl (C=O) groups excluding carboxylic acids is 4. The van der Waals surface area contributed by atoms with E-state index in [0.29, 0.717) is 32.8 Å². The van der Waals surface area contributed by atoms with Crippen LogP contribution in [0.4, 0.5) is 11.4 Å². The molecule has 69 heavy (non-hydrogen) atoms. The van der Waals surface area contributed by atoms with Gasteiger partial charge in [-0.3, -0.25) is 28.8 Å². The normalized spacial score (nSPS) is 12.5. The van der Waals surface area contributed by atoms with Crippen LogP contribution in [0.3, 0.4) is 0 Å². The quantitative estimate of drug-likeness (QED) is 0.0445. The Balaban J connectivity index is 0.00000118. The van der Waals surface area contributed by atoms with Gasteiger partial charge in [-0.15, -0.1) is 0 Å². The van der Waals surface area contributed by atoms with E-state index in [4.69, 9.17) is 30.6 Å². The van der Waals surface area contributed by atoms with Crippen LogP contribution in [-0.4, -0.2) is 248 Å². The van der Waals surface area contributed by atoms with Crippen molar-refractivity contribution in [3.63, 3.8) is 0 Å². The Bertz CT molecular complexity index is 1820. The fourth-order valence-corrected chi connectivity index (χ4v) is 14.4. The number of amides is 4. The van der Waals surface area contributed by atoms with Crippen LogP contribution in [0.5, 0.6) is 0 Å². The van der Waals surface area contributed by atoms with Gasteiger partial charge in [-0.1, -0.05) is 0 Å². The number of likely N-dealkylation sites (N-methyl/N-ethyl adjacent to an activating group) is 4. The first-order valence-electron chi connectivity index (χ1n) is 19.9. The molecule has 30 heteroatoms. The second-order valence-electron chi connectivity index (χ2n) is 14.5. The van der Waals surface area contributed by atoms with Crippen molar-refractivity contribution in [2.24, 2.45) is 0 Å². The average Bonchev–Trinajstić information content (AvgIpc) is 3.28. The first kappa shape index (κ1) is 67.8. The van der Waals surface area contributed by atoms with Gasteiger partial charge in [0.15, 0.2) is 0 Å². The number of nitrogens with one attached hydrogen (secondary N) is 2. The molecule has 4 unspecified atom stereocenters. The third-order valence-corrected chi connectivity index (χ3v) is 15.3. The molecule has 24 nitrogen and oxygen atoms in total. The number of carboxylic acid groups (broad SMARTS) is 2. The van der Waals surface area contributed by atoms with Crippen molar-refractivity contribution in [2.45, 2.75) is 30.8 Å². The average molecular weight is 1660 g/mol. The first-order valence-corrected chi connectivity index (χ1v) is 26.3. The molecule has 0 aliphatic rings. The highest BCUT2D eigenvalue weighted by Crippen LogP contribution is 2.38.